The van der Waals surface area contributed by atoms with Gasteiger partial charge in [-0.25, -0.2) is 0 Å². The van der Waals surface area contributed by atoms with Crippen molar-refractivity contribution >= 4 is 5.69 Å². The lowest BCUT2D eigenvalue weighted by molar-refractivity contribution is 0.831. The Labute approximate surface area is 114 Å². The van der Waals surface area contributed by atoms with Crippen molar-refractivity contribution < 1.29 is 0 Å². The lowest BCUT2D eigenvalue weighted by Crippen LogP contribution is -2.22. The summed E-state index contributed by atoms with van der Waals surface area (Å²) in [4.78, 5) is 2.31. The molecule has 19 heavy (non-hydrogen) atoms. The molecule has 0 amide bonds. The van der Waals surface area contributed by atoms with E-state index in [0.717, 1.165) is 24.2 Å². The molecule has 0 radical (unpaired) electrons. The van der Waals surface area contributed by atoms with Crippen LogP contribution in [0.3, 0.4) is 0 Å². The Morgan fingerprint density at radius 2 is 1.84 bits per heavy atom. The fourth-order valence-electron chi connectivity index (χ4n) is 2.16. The minimum atomic E-state index is 0.750. The topological polar surface area (TPSA) is 27.0 Å². The first-order valence-electron chi connectivity index (χ1n) is 6.54. The number of benzene rings is 2. The Balaban J connectivity index is 2.23. The largest absolute Gasteiger partial charge is 0.367 e. The molecule has 0 aliphatic carbocycles. The summed E-state index contributed by atoms with van der Waals surface area (Å²) < 4.78 is 0. The summed E-state index contributed by atoms with van der Waals surface area (Å²) in [7, 11) is 0. The summed E-state index contributed by atoms with van der Waals surface area (Å²) >= 11 is 0. The third-order valence-electron chi connectivity index (χ3n) is 3.29. The van der Waals surface area contributed by atoms with Gasteiger partial charge in [0.05, 0.1) is 11.6 Å². The molecule has 0 heterocycles. The van der Waals surface area contributed by atoms with Gasteiger partial charge in [-0.2, -0.15) is 5.26 Å². The maximum Gasteiger partial charge on any atom is 0.0994 e. The maximum absolute atomic E-state index is 8.98. The van der Waals surface area contributed by atoms with E-state index >= 15 is 0 Å². The molecular formula is C17H18N2. The Kier molecular flexibility index (Phi) is 4.20. The molecule has 0 unspecified atom stereocenters. The number of rotatable bonds is 4. The molecule has 0 saturated heterocycles. The lowest BCUT2D eigenvalue weighted by atomic mass is 10.1. The van der Waals surface area contributed by atoms with Gasteiger partial charge in [-0.15, -0.1) is 0 Å². The molecule has 2 rings (SSSR count). The minimum Gasteiger partial charge on any atom is -0.367 e. The van der Waals surface area contributed by atoms with E-state index in [1.165, 1.54) is 11.3 Å². The fraction of sp³-hybridized carbons (Fsp3) is 0.235. The maximum atomic E-state index is 8.98. The Hall–Kier alpha value is -2.27. The van der Waals surface area contributed by atoms with E-state index in [4.69, 9.17) is 5.26 Å². The van der Waals surface area contributed by atoms with Crippen molar-refractivity contribution in [2.24, 2.45) is 0 Å². The predicted octanol–water partition coefficient (Wildman–Crippen LogP) is 3.89. The van der Waals surface area contributed by atoms with Crippen LogP contribution in [-0.2, 0) is 6.54 Å². The van der Waals surface area contributed by atoms with Gasteiger partial charge in [0.15, 0.2) is 0 Å². The Bertz CT molecular complexity index is 582. The van der Waals surface area contributed by atoms with Crippen molar-refractivity contribution in [3.63, 3.8) is 0 Å². The SMILES string of the molecule is CCN(Cc1ccccc1)c1ccc(C#N)c(C)c1. The third-order valence-corrected chi connectivity index (χ3v) is 3.29. The van der Waals surface area contributed by atoms with Gasteiger partial charge in [0.2, 0.25) is 0 Å². The lowest BCUT2D eigenvalue weighted by Gasteiger charge is -2.24. The summed E-state index contributed by atoms with van der Waals surface area (Å²) in [5.41, 5.74) is 4.25. The fourth-order valence-corrected chi connectivity index (χ4v) is 2.16. The zero-order valence-electron chi connectivity index (χ0n) is 11.4. The predicted molar refractivity (Wildman–Crippen MR) is 79.1 cm³/mol. The van der Waals surface area contributed by atoms with E-state index in [1.54, 1.807) is 0 Å². The van der Waals surface area contributed by atoms with E-state index in [9.17, 15) is 0 Å². The number of nitrogens with zero attached hydrogens (tertiary/aromatic N) is 2. The molecule has 2 aromatic rings. The van der Waals surface area contributed by atoms with Crippen LogP contribution in [0.2, 0.25) is 0 Å². The van der Waals surface area contributed by atoms with Crippen molar-refractivity contribution in [1.82, 2.24) is 0 Å². The van der Waals surface area contributed by atoms with Crippen molar-refractivity contribution in [2.45, 2.75) is 20.4 Å². The number of aryl methyl sites for hydroxylation is 1. The Morgan fingerprint density at radius 1 is 1.11 bits per heavy atom. The van der Waals surface area contributed by atoms with Gasteiger partial charge in [-0.05, 0) is 43.2 Å². The van der Waals surface area contributed by atoms with E-state index in [-0.39, 0.29) is 0 Å². The second-order valence-electron chi connectivity index (χ2n) is 4.61. The van der Waals surface area contributed by atoms with Crippen molar-refractivity contribution in [2.75, 3.05) is 11.4 Å². The summed E-state index contributed by atoms with van der Waals surface area (Å²) in [6.45, 7) is 5.97. The monoisotopic (exact) mass is 250 g/mol. The summed E-state index contributed by atoms with van der Waals surface area (Å²) in [6.07, 6.45) is 0. The van der Waals surface area contributed by atoms with Crippen LogP contribution in [0.4, 0.5) is 5.69 Å². The highest BCUT2D eigenvalue weighted by molar-refractivity contribution is 5.53. The van der Waals surface area contributed by atoms with Gasteiger partial charge in [0.1, 0.15) is 0 Å². The standard InChI is InChI=1S/C17H18N2/c1-3-19(13-15-7-5-4-6-8-15)17-10-9-16(12-18)14(2)11-17/h4-11H,3,13H2,1-2H3. The first-order valence-corrected chi connectivity index (χ1v) is 6.54. The zero-order chi connectivity index (χ0) is 13.7. The van der Waals surface area contributed by atoms with Crippen LogP contribution in [0.25, 0.3) is 0 Å². The van der Waals surface area contributed by atoms with Gasteiger partial charge in [-0.3, -0.25) is 0 Å². The molecule has 2 aromatic carbocycles. The average molecular weight is 250 g/mol. The smallest absolute Gasteiger partial charge is 0.0994 e. The van der Waals surface area contributed by atoms with E-state index < -0.39 is 0 Å². The van der Waals surface area contributed by atoms with Crippen LogP contribution in [0, 0.1) is 18.3 Å². The van der Waals surface area contributed by atoms with Gasteiger partial charge in [0, 0.05) is 18.8 Å². The van der Waals surface area contributed by atoms with Gasteiger partial charge in [-0.1, -0.05) is 30.3 Å². The first kappa shape index (κ1) is 13.2. The summed E-state index contributed by atoms with van der Waals surface area (Å²) in [6, 6.07) is 18.7. The van der Waals surface area contributed by atoms with Gasteiger partial charge >= 0.3 is 0 Å². The Morgan fingerprint density at radius 3 is 2.42 bits per heavy atom. The number of nitriles is 1. The van der Waals surface area contributed by atoms with E-state index in [2.05, 4.69) is 48.2 Å². The van der Waals surface area contributed by atoms with Crippen LogP contribution in [0.5, 0.6) is 0 Å². The van der Waals surface area contributed by atoms with Crippen LogP contribution >= 0.6 is 0 Å². The molecular weight excluding hydrogens is 232 g/mol. The van der Waals surface area contributed by atoms with Gasteiger partial charge in [0.25, 0.3) is 0 Å². The molecule has 0 fully saturated rings. The molecule has 0 aromatic heterocycles. The first-order chi connectivity index (χ1) is 9.24. The number of hydrogen-bond acceptors (Lipinski definition) is 2. The van der Waals surface area contributed by atoms with Gasteiger partial charge < -0.3 is 4.90 Å². The van der Waals surface area contributed by atoms with E-state index in [1.807, 2.05) is 25.1 Å². The second-order valence-corrected chi connectivity index (χ2v) is 4.61. The molecule has 0 bridgehead atoms. The zero-order valence-corrected chi connectivity index (χ0v) is 11.4. The molecule has 0 spiro atoms. The van der Waals surface area contributed by atoms with Crippen LogP contribution in [0.1, 0.15) is 23.6 Å². The van der Waals surface area contributed by atoms with E-state index in [0.29, 0.717) is 0 Å². The van der Waals surface area contributed by atoms with Crippen molar-refractivity contribution in [3.05, 3.63) is 65.2 Å². The average Bonchev–Trinajstić information content (AvgIpc) is 2.46. The number of hydrogen-bond donors (Lipinski definition) is 0. The molecule has 0 N–H and O–H groups in total. The molecule has 0 atom stereocenters. The highest BCUT2D eigenvalue weighted by Gasteiger charge is 2.07. The van der Waals surface area contributed by atoms with Crippen LogP contribution < -0.4 is 4.90 Å². The summed E-state index contributed by atoms with van der Waals surface area (Å²) in [5.74, 6) is 0. The highest BCUT2D eigenvalue weighted by atomic mass is 15.1. The molecule has 96 valence electrons. The van der Waals surface area contributed by atoms with Crippen LogP contribution in [0.15, 0.2) is 48.5 Å². The van der Waals surface area contributed by atoms with Crippen molar-refractivity contribution in [3.8, 4) is 6.07 Å². The normalized spacial score (nSPS) is 9.95. The molecule has 0 aliphatic rings. The quantitative estimate of drug-likeness (QED) is 0.823. The highest BCUT2D eigenvalue weighted by Crippen LogP contribution is 2.20. The van der Waals surface area contributed by atoms with Crippen LogP contribution in [-0.4, -0.2) is 6.54 Å². The number of anilines is 1. The minimum absolute atomic E-state index is 0.750. The second kappa shape index (κ2) is 6.06. The molecule has 0 aliphatic heterocycles. The molecule has 0 saturated carbocycles. The molecule has 2 heteroatoms. The van der Waals surface area contributed by atoms with Crippen molar-refractivity contribution in [1.29, 1.82) is 5.26 Å². The molecule has 2 nitrogen and oxygen atoms in total. The third kappa shape index (κ3) is 3.14. The summed E-state index contributed by atoms with van der Waals surface area (Å²) in [5, 5.41) is 8.98.